The number of fused-ring (bicyclic) bond motifs is 1. The first-order valence-electron chi connectivity index (χ1n) is 6.36. The van der Waals surface area contributed by atoms with Crippen LogP contribution in [-0.4, -0.2) is 53.7 Å². The summed E-state index contributed by atoms with van der Waals surface area (Å²) in [5.41, 5.74) is 0.391. The van der Waals surface area contributed by atoms with Gasteiger partial charge < -0.3 is 28.9 Å². The van der Waals surface area contributed by atoms with Crippen molar-refractivity contribution in [2.75, 3.05) is 6.61 Å². The van der Waals surface area contributed by atoms with E-state index in [0.29, 0.717) is 12.3 Å². The maximum atomic E-state index is 9.22. The van der Waals surface area contributed by atoms with Crippen LogP contribution in [0.2, 0.25) is 0 Å². The summed E-state index contributed by atoms with van der Waals surface area (Å²) in [5.74, 6) is -1.41. The highest BCUT2D eigenvalue weighted by molar-refractivity contribution is 5.95. The molecule has 0 saturated carbocycles. The van der Waals surface area contributed by atoms with Gasteiger partial charge >= 0.3 is 0 Å². The van der Waals surface area contributed by atoms with Crippen molar-refractivity contribution in [2.24, 2.45) is 5.16 Å². The third-order valence-corrected chi connectivity index (χ3v) is 3.41. The molecule has 0 aromatic carbocycles. The van der Waals surface area contributed by atoms with E-state index in [1.54, 1.807) is 13.8 Å². The molecule has 108 valence electrons. The van der Waals surface area contributed by atoms with Crippen molar-refractivity contribution in [1.29, 1.82) is 0 Å². The average Bonchev–Trinajstić information content (AvgIpc) is 2.87. The molecule has 3 saturated heterocycles. The van der Waals surface area contributed by atoms with Crippen LogP contribution in [0.1, 0.15) is 27.7 Å². The Morgan fingerprint density at radius 1 is 1.05 bits per heavy atom. The van der Waals surface area contributed by atoms with Gasteiger partial charge in [0, 0.05) is 0 Å². The Morgan fingerprint density at radius 3 is 2.37 bits per heavy atom. The van der Waals surface area contributed by atoms with E-state index in [0.717, 1.165) is 0 Å². The summed E-state index contributed by atoms with van der Waals surface area (Å²) in [5, 5.41) is 12.5. The van der Waals surface area contributed by atoms with Gasteiger partial charge in [0.1, 0.15) is 17.9 Å². The summed E-state index contributed by atoms with van der Waals surface area (Å²) in [4.78, 5) is 0. The van der Waals surface area contributed by atoms with Gasteiger partial charge in [0.2, 0.25) is 0 Å². The normalized spacial score (nSPS) is 45.8. The second kappa shape index (κ2) is 4.13. The lowest BCUT2D eigenvalue weighted by Gasteiger charge is -2.24. The zero-order chi connectivity index (χ0) is 13.8. The van der Waals surface area contributed by atoms with Gasteiger partial charge in [0.25, 0.3) is 0 Å². The van der Waals surface area contributed by atoms with Crippen LogP contribution in [0.5, 0.6) is 0 Å². The van der Waals surface area contributed by atoms with Gasteiger partial charge in [-0.3, -0.25) is 0 Å². The van der Waals surface area contributed by atoms with E-state index >= 15 is 0 Å². The lowest BCUT2D eigenvalue weighted by Crippen LogP contribution is -2.39. The maximum absolute atomic E-state index is 9.22. The number of oxime groups is 1. The molecule has 0 bridgehead atoms. The molecule has 0 spiro atoms. The number of hydrogen-bond acceptors (Lipinski definition) is 7. The Balaban J connectivity index is 1.76. The topological polar surface area (TPSA) is 78.7 Å². The Morgan fingerprint density at radius 2 is 1.79 bits per heavy atom. The first-order valence-corrected chi connectivity index (χ1v) is 6.36. The van der Waals surface area contributed by atoms with Gasteiger partial charge in [0.05, 0.1) is 6.61 Å². The minimum atomic E-state index is -0.747. The predicted octanol–water partition coefficient (Wildman–Crippen LogP) is 0.844. The molecular weight excluding hydrogens is 254 g/mol. The van der Waals surface area contributed by atoms with Crippen molar-refractivity contribution in [1.82, 2.24) is 0 Å². The Labute approximate surface area is 111 Å². The van der Waals surface area contributed by atoms with Crippen LogP contribution < -0.4 is 0 Å². The summed E-state index contributed by atoms with van der Waals surface area (Å²) in [6.07, 6.45) is -1.92. The van der Waals surface area contributed by atoms with Crippen molar-refractivity contribution in [2.45, 2.75) is 63.9 Å². The van der Waals surface area contributed by atoms with E-state index in [2.05, 4.69) is 5.16 Å². The van der Waals surface area contributed by atoms with Crippen molar-refractivity contribution in [3.8, 4) is 0 Å². The molecular formula is C12H19NO6. The lowest BCUT2D eigenvalue weighted by atomic mass is 10.1. The number of nitrogens with zero attached hydrogens (tertiary/aromatic N) is 1. The molecule has 3 aliphatic rings. The Bertz CT molecular complexity index is 407. The van der Waals surface area contributed by atoms with Gasteiger partial charge in [-0.05, 0) is 27.7 Å². The highest BCUT2D eigenvalue weighted by Gasteiger charge is 2.56. The molecule has 4 atom stereocenters. The highest BCUT2D eigenvalue weighted by atomic mass is 16.8. The molecule has 0 amide bonds. The van der Waals surface area contributed by atoms with Crippen LogP contribution in [0.25, 0.3) is 0 Å². The van der Waals surface area contributed by atoms with E-state index < -0.39 is 30.1 Å². The highest BCUT2D eigenvalue weighted by Crippen LogP contribution is 2.39. The van der Waals surface area contributed by atoms with E-state index in [9.17, 15) is 5.21 Å². The fourth-order valence-corrected chi connectivity index (χ4v) is 2.66. The second-order valence-electron chi connectivity index (χ2n) is 5.87. The van der Waals surface area contributed by atoms with Crippen LogP contribution in [-0.2, 0) is 23.7 Å². The molecule has 3 rings (SSSR count). The minimum absolute atomic E-state index is 0.332. The van der Waals surface area contributed by atoms with Crippen LogP contribution >= 0.6 is 0 Å². The molecule has 0 radical (unpaired) electrons. The van der Waals surface area contributed by atoms with Gasteiger partial charge in [-0.25, -0.2) is 0 Å². The van der Waals surface area contributed by atoms with Gasteiger partial charge in [-0.15, -0.1) is 0 Å². The van der Waals surface area contributed by atoms with Crippen LogP contribution in [0.15, 0.2) is 5.16 Å². The molecule has 7 heteroatoms. The van der Waals surface area contributed by atoms with E-state index in [1.807, 2.05) is 13.8 Å². The van der Waals surface area contributed by atoms with Crippen molar-refractivity contribution in [3.63, 3.8) is 0 Å². The van der Waals surface area contributed by atoms with E-state index in [-0.39, 0.29) is 6.10 Å². The largest absolute Gasteiger partial charge is 0.411 e. The first kappa shape index (κ1) is 13.3. The quantitative estimate of drug-likeness (QED) is 0.563. The van der Waals surface area contributed by atoms with Crippen LogP contribution in [0, 0.1) is 0 Å². The maximum Gasteiger partial charge on any atom is 0.193 e. The number of ether oxygens (including phenoxy) is 5. The van der Waals surface area contributed by atoms with E-state index in [1.165, 1.54) is 0 Å². The Kier molecular flexibility index (Phi) is 2.88. The number of hydrogen-bond donors (Lipinski definition) is 1. The second-order valence-corrected chi connectivity index (χ2v) is 5.87. The zero-order valence-electron chi connectivity index (χ0n) is 11.5. The zero-order valence-corrected chi connectivity index (χ0v) is 11.5. The summed E-state index contributed by atoms with van der Waals surface area (Å²) in [7, 11) is 0. The fourth-order valence-electron chi connectivity index (χ4n) is 2.66. The number of rotatable bonds is 1. The van der Waals surface area contributed by atoms with Crippen LogP contribution in [0.3, 0.4) is 0 Å². The monoisotopic (exact) mass is 273 g/mol. The summed E-state index contributed by atoms with van der Waals surface area (Å²) >= 11 is 0. The van der Waals surface area contributed by atoms with Crippen molar-refractivity contribution in [3.05, 3.63) is 0 Å². The summed E-state index contributed by atoms with van der Waals surface area (Å²) in [6, 6.07) is 0. The molecule has 19 heavy (non-hydrogen) atoms. The minimum Gasteiger partial charge on any atom is -0.411 e. The predicted molar refractivity (Wildman–Crippen MR) is 62.8 cm³/mol. The third kappa shape index (κ3) is 2.25. The van der Waals surface area contributed by atoms with Crippen molar-refractivity contribution >= 4 is 5.71 Å². The van der Waals surface area contributed by atoms with Crippen molar-refractivity contribution < 1.29 is 28.9 Å². The lowest BCUT2D eigenvalue weighted by molar-refractivity contribution is -0.211. The molecule has 7 nitrogen and oxygen atoms in total. The van der Waals surface area contributed by atoms with Gasteiger partial charge in [-0.2, -0.15) is 0 Å². The van der Waals surface area contributed by atoms with Gasteiger partial charge in [0.15, 0.2) is 24.0 Å². The molecule has 0 aromatic rings. The molecule has 1 N–H and O–H groups in total. The van der Waals surface area contributed by atoms with E-state index in [4.69, 9.17) is 23.7 Å². The average molecular weight is 273 g/mol. The van der Waals surface area contributed by atoms with Gasteiger partial charge in [-0.1, -0.05) is 5.16 Å². The molecule has 3 heterocycles. The van der Waals surface area contributed by atoms with Crippen LogP contribution in [0.4, 0.5) is 0 Å². The molecule has 3 fully saturated rings. The molecule has 0 aromatic heterocycles. The summed E-state index contributed by atoms with van der Waals surface area (Å²) in [6.45, 7) is 7.61. The molecule has 3 aliphatic heterocycles. The SMILES string of the molecule is CC1(C)O[C@H]2O[C@H]([C@H]3COC(C)(C)O3)/C(=N/O)[C@H]2O1. The molecule has 0 unspecified atom stereocenters. The standard InChI is InChI=1S/C12H19NO6/c1-11(2)15-5-6(17-11)8-7(13-14)9-10(16-8)19-12(3,4)18-9/h6,8-10,14H,5H2,1-4H3/b13-7-/t6-,8-,9-,10-/m1/s1. The summed E-state index contributed by atoms with van der Waals surface area (Å²) < 4.78 is 28.3. The smallest absolute Gasteiger partial charge is 0.193 e. The molecule has 0 aliphatic carbocycles. The Hall–Kier alpha value is -0.730. The fraction of sp³-hybridized carbons (Fsp3) is 0.917. The first-order chi connectivity index (χ1) is 8.81. The third-order valence-electron chi connectivity index (χ3n) is 3.41.